The van der Waals surface area contributed by atoms with Crippen molar-refractivity contribution in [1.29, 1.82) is 0 Å². The minimum atomic E-state index is 0.0159. The molecule has 3 nitrogen and oxygen atoms in total. The third-order valence-corrected chi connectivity index (χ3v) is 1.57. The van der Waals surface area contributed by atoms with Gasteiger partial charge in [0, 0.05) is 12.0 Å². The molecule has 1 rings (SSSR count). The highest BCUT2D eigenvalue weighted by molar-refractivity contribution is 8.14. The standard InChI is InChI=1S/C4H6N2OS/c7-3-4-6-5-1-2-8-4/h1,7H,2-3H2. The first kappa shape index (κ1) is 5.78. The van der Waals surface area contributed by atoms with Gasteiger partial charge >= 0.3 is 0 Å². The van der Waals surface area contributed by atoms with E-state index in [1.807, 2.05) is 0 Å². The summed E-state index contributed by atoms with van der Waals surface area (Å²) in [5.41, 5.74) is 0. The van der Waals surface area contributed by atoms with Crippen LogP contribution in [0.25, 0.3) is 0 Å². The molecule has 8 heavy (non-hydrogen) atoms. The van der Waals surface area contributed by atoms with E-state index in [9.17, 15) is 0 Å². The van der Waals surface area contributed by atoms with Crippen LogP contribution in [-0.4, -0.2) is 28.7 Å². The zero-order valence-corrected chi connectivity index (χ0v) is 5.06. The Hall–Kier alpha value is -0.350. The molecule has 44 valence electrons. The van der Waals surface area contributed by atoms with Crippen LogP contribution >= 0.6 is 11.8 Å². The molecule has 4 heteroatoms. The fourth-order valence-electron chi connectivity index (χ4n) is 0.378. The molecule has 0 radical (unpaired) electrons. The maximum atomic E-state index is 8.47. The van der Waals surface area contributed by atoms with Gasteiger partial charge in [-0.25, -0.2) is 0 Å². The van der Waals surface area contributed by atoms with Gasteiger partial charge in [-0.1, -0.05) is 0 Å². The molecule has 0 aromatic heterocycles. The fraction of sp³-hybridized carbons (Fsp3) is 0.500. The molecule has 1 aliphatic heterocycles. The van der Waals surface area contributed by atoms with E-state index in [4.69, 9.17) is 5.11 Å². The molecule has 0 amide bonds. The van der Waals surface area contributed by atoms with E-state index < -0.39 is 0 Å². The molecule has 0 saturated heterocycles. The summed E-state index contributed by atoms with van der Waals surface area (Å²) in [7, 11) is 0. The smallest absolute Gasteiger partial charge is 0.122 e. The molecule has 0 fully saturated rings. The molecule has 0 aromatic carbocycles. The van der Waals surface area contributed by atoms with Crippen molar-refractivity contribution in [2.45, 2.75) is 0 Å². The highest BCUT2D eigenvalue weighted by atomic mass is 32.2. The van der Waals surface area contributed by atoms with Crippen LogP contribution < -0.4 is 0 Å². The number of aliphatic hydroxyl groups excluding tert-OH is 1. The first-order valence-corrected chi connectivity index (χ1v) is 3.24. The molecule has 0 aliphatic carbocycles. The number of hydrogen-bond acceptors (Lipinski definition) is 4. The molecule has 1 aliphatic rings. The normalized spacial score (nSPS) is 18.4. The molecule has 1 N–H and O–H groups in total. The van der Waals surface area contributed by atoms with E-state index in [-0.39, 0.29) is 6.61 Å². The molecular formula is C4H6N2OS. The van der Waals surface area contributed by atoms with Crippen LogP contribution in [0.2, 0.25) is 0 Å². The number of nitrogens with zero attached hydrogens (tertiary/aromatic N) is 2. The minimum Gasteiger partial charge on any atom is -0.389 e. The Bertz CT molecular complexity index is 132. The summed E-state index contributed by atoms with van der Waals surface area (Å²) in [6.07, 6.45) is 1.71. The number of rotatable bonds is 1. The summed E-state index contributed by atoms with van der Waals surface area (Å²) >= 11 is 1.51. The third-order valence-electron chi connectivity index (χ3n) is 0.711. The summed E-state index contributed by atoms with van der Waals surface area (Å²) in [6, 6.07) is 0. The van der Waals surface area contributed by atoms with Gasteiger partial charge in [0.25, 0.3) is 0 Å². The van der Waals surface area contributed by atoms with Crippen molar-refractivity contribution in [3.63, 3.8) is 0 Å². The van der Waals surface area contributed by atoms with Crippen molar-refractivity contribution in [3.05, 3.63) is 0 Å². The summed E-state index contributed by atoms with van der Waals surface area (Å²) in [5.74, 6) is 0.833. The van der Waals surface area contributed by atoms with Crippen LogP contribution in [0.3, 0.4) is 0 Å². The molecule has 0 aromatic rings. The Labute approximate surface area is 51.5 Å². The van der Waals surface area contributed by atoms with E-state index in [1.54, 1.807) is 6.21 Å². The lowest BCUT2D eigenvalue weighted by Gasteiger charge is -1.99. The van der Waals surface area contributed by atoms with Gasteiger partial charge in [0.15, 0.2) is 0 Å². The molecular weight excluding hydrogens is 124 g/mol. The monoisotopic (exact) mass is 130 g/mol. The molecule has 0 atom stereocenters. The van der Waals surface area contributed by atoms with Crippen LogP contribution in [0.15, 0.2) is 10.2 Å². The van der Waals surface area contributed by atoms with Gasteiger partial charge in [-0.3, -0.25) is 0 Å². The lowest BCUT2D eigenvalue weighted by atomic mass is 10.8. The van der Waals surface area contributed by atoms with E-state index >= 15 is 0 Å². The van der Waals surface area contributed by atoms with Crippen LogP contribution in [0.4, 0.5) is 0 Å². The SMILES string of the molecule is OCC1=NN=CCS1. The second-order valence-corrected chi connectivity index (χ2v) is 2.35. The van der Waals surface area contributed by atoms with Gasteiger partial charge in [-0.05, 0) is 0 Å². The maximum absolute atomic E-state index is 8.47. The topological polar surface area (TPSA) is 45.0 Å². The van der Waals surface area contributed by atoms with Crippen LogP contribution in [0.5, 0.6) is 0 Å². The predicted octanol–water partition coefficient (Wildman–Crippen LogP) is 0.110. The van der Waals surface area contributed by atoms with E-state index in [1.165, 1.54) is 11.8 Å². The Morgan fingerprint density at radius 3 is 3.12 bits per heavy atom. The van der Waals surface area contributed by atoms with E-state index in [2.05, 4.69) is 10.2 Å². The largest absolute Gasteiger partial charge is 0.389 e. The van der Waals surface area contributed by atoms with Crippen molar-refractivity contribution in [1.82, 2.24) is 0 Å². The van der Waals surface area contributed by atoms with E-state index in [0.717, 1.165) is 5.75 Å². The lowest BCUT2D eigenvalue weighted by Crippen LogP contribution is -2.03. The highest BCUT2D eigenvalue weighted by Gasteiger charge is 1.98. The Morgan fingerprint density at radius 1 is 1.88 bits per heavy atom. The second-order valence-electron chi connectivity index (χ2n) is 1.26. The molecule has 0 saturated carbocycles. The fourth-order valence-corrected chi connectivity index (χ4v) is 0.908. The van der Waals surface area contributed by atoms with Crippen molar-refractivity contribution in [3.8, 4) is 0 Å². The Kier molecular flexibility index (Phi) is 2.05. The van der Waals surface area contributed by atoms with Crippen LogP contribution in [-0.2, 0) is 0 Å². The van der Waals surface area contributed by atoms with Gasteiger partial charge in [-0.2, -0.15) is 5.10 Å². The molecule has 1 heterocycles. The van der Waals surface area contributed by atoms with Gasteiger partial charge < -0.3 is 5.11 Å². The number of thioether (sulfide) groups is 1. The zero-order valence-electron chi connectivity index (χ0n) is 4.24. The zero-order chi connectivity index (χ0) is 5.82. The Morgan fingerprint density at radius 2 is 2.75 bits per heavy atom. The predicted molar refractivity (Wildman–Crippen MR) is 35.5 cm³/mol. The highest BCUT2D eigenvalue weighted by Crippen LogP contribution is 2.05. The maximum Gasteiger partial charge on any atom is 0.122 e. The van der Waals surface area contributed by atoms with Gasteiger partial charge in [0.05, 0.1) is 6.61 Å². The van der Waals surface area contributed by atoms with E-state index in [0.29, 0.717) is 5.04 Å². The average Bonchev–Trinajstić information content (AvgIpc) is 1.90. The van der Waals surface area contributed by atoms with Gasteiger partial charge in [0.2, 0.25) is 0 Å². The molecule has 0 bridgehead atoms. The molecule has 0 spiro atoms. The summed E-state index contributed by atoms with van der Waals surface area (Å²) in [4.78, 5) is 0. The quantitative estimate of drug-likeness (QED) is 0.547. The minimum absolute atomic E-state index is 0.0159. The van der Waals surface area contributed by atoms with Gasteiger partial charge in [-0.15, -0.1) is 16.9 Å². The first-order valence-electron chi connectivity index (χ1n) is 2.25. The lowest BCUT2D eigenvalue weighted by molar-refractivity contribution is 0.360. The summed E-state index contributed by atoms with van der Waals surface area (Å²) in [5, 5.41) is 16.4. The number of hydrogen-bond donors (Lipinski definition) is 1. The average molecular weight is 130 g/mol. The van der Waals surface area contributed by atoms with Gasteiger partial charge in [0.1, 0.15) is 5.04 Å². The Balaban J connectivity index is 2.50. The summed E-state index contributed by atoms with van der Waals surface area (Å²) < 4.78 is 0. The second kappa shape index (κ2) is 2.84. The third kappa shape index (κ3) is 1.31. The molecule has 0 unspecified atom stereocenters. The van der Waals surface area contributed by atoms with Crippen molar-refractivity contribution < 1.29 is 5.11 Å². The van der Waals surface area contributed by atoms with Crippen LogP contribution in [0, 0.1) is 0 Å². The van der Waals surface area contributed by atoms with Crippen molar-refractivity contribution in [2.24, 2.45) is 10.2 Å². The summed E-state index contributed by atoms with van der Waals surface area (Å²) in [6.45, 7) is 0.0159. The van der Waals surface area contributed by atoms with Crippen molar-refractivity contribution in [2.75, 3.05) is 12.4 Å². The number of aliphatic hydroxyl groups is 1. The van der Waals surface area contributed by atoms with Crippen LogP contribution in [0.1, 0.15) is 0 Å². The first-order chi connectivity index (χ1) is 3.93. The van der Waals surface area contributed by atoms with Crippen molar-refractivity contribution >= 4 is 23.0 Å².